The van der Waals surface area contributed by atoms with Crippen molar-refractivity contribution in [3.8, 4) is 0 Å². The lowest BCUT2D eigenvalue weighted by atomic mass is 10.0. The van der Waals surface area contributed by atoms with Gasteiger partial charge in [0.05, 0.1) is 17.9 Å². The number of carbonyl (C=O) groups excluding carboxylic acids is 1. The van der Waals surface area contributed by atoms with Crippen molar-refractivity contribution in [1.29, 1.82) is 0 Å². The van der Waals surface area contributed by atoms with Gasteiger partial charge in [0.1, 0.15) is 0 Å². The van der Waals surface area contributed by atoms with E-state index in [1.54, 1.807) is 12.3 Å². The van der Waals surface area contributed by atoms with Crippen LogP contribution in [-0.4, -0.2) is 22.3 Å². The molecule has 0 bridgehead atoms. The highest BCUT2D eigenvalue weighted by Crippen LogP contribution is 2.23. The maximum atomic E-state index is 11.9. The van der Waals surface area contributed by atoms with Gasteiger partial charge in [-0.2, -0.15) is 0 Å². The van der Waals surface area contributed by atoms with Crippen LogP contribution in [0.15, 0.2) is 18.3 Å². The minimum Gasteiger partial charge on any atom is -0.336 e. The van der Waals surface area contributed by atoms with Crippen molar-refractivity contribution in [2.75, 3.05) is 12.0 Å². The van der Waals surface area contributed by atoms with Crippen LogP contribution < -0.4 is 11.3 Å². The average molecular weight is 248 g/mol. The third-order valence-electron chi connectivity index (χ3n) is 3.33. The number of hydrogen-bond donors (Lipinski definition) is 2. The molecule has 1 aliphatic heterocycles. The number of nitrogens with one attached hydrogen (secondary N) is 1. The van der Waals surface area contributed by atoms with Gasteiger partial charge in [-0.3, -0.25) is 15.6 Å². The topological polar surface area (TPSA) is 71.2 Å². The van der Waals surface area contributed by atoms with E-state index in [9.17, 15) is 4.79 Å². The summed E-state index contributed by atoms with van der Waals surface area (Å²) in [6.07, 6.45) is 4.65. The number of anilines is 1. The molecule has 0 aromatic carbocycles. The lowest BCUT2D eigenvalue weighted by molar-refractivity contribution is -0.128. The van der Waals surface area contributed by atoms with Crippen molar-refractivity contribution < 1.29 is 4.79 Å². The van der Waals surface area contributed by atoms with Gasteiger partial charge in [-0.25, -0.2) is 0 Å². The highest BCUT2D eigenvalue weighted by Gasteiger charge is 2.28. The lowest BCUT2D eigenvalue weighted by Gasteiger charge is -2.16. The SMILES string of the molecule is CCCC1CC(=O)N(Cc2cc(NN)ccn2)C1. The molecule has 98 valence electrons. The molecule has 1 aromatic heterocycles. The summed E-state index contributed by atoms with van der Waals surface area (Å²) >= 11 is 0. The van der Waals surface area contributed by atoms with Gasteiger partial charge >= 0.3 is 0 Å². The minimum absolute atomic E-state index is 0.237. The van der Waals surface area contributed by atoms with Crippen molar-refractivity contribution in [2.24, 2.45) is 11.8 Å². The molecule has 1 aliphatic rings. The zero-order valence-electron chi connectivity index (χ0n) is 10.7. The number of likely N-dealkylation sites (tertiary alicyclic amines) is 1. The van der Waals surface area contributed by atoms with E-state index in [2.05, 4.69) is 17.3 Å². The molecular weight excluding hydrogens is 228 g/mol. The molecule has 1 saturated heterocycles. The number of hydrazine groups is 1. The minimum atomic E-state index is 0.237. The van der Waals surface area contributed by atoms with Gasteiger partial charge in [-0.05, 0) is 24.5 Å². The Hall–Kier alpha value is -1.62. The Bertz CT molecular complexity index is 421. The Morgan fingerprint density at radius 2 is 2.44 bits per heavy atom. The number of amides is 1. The molecule has 3 N–H and O–H groups in total. The zero-order chi connectivity index (χ0) is 13.0. The van der Waals surface area contributed by atoms with Crippen LogP contribution in [0.1, 0.15) is 31.9 Å². The second-order valence-electron chi connectivity index (χ2n) is 4.81. The molecule has 1 atom stereocenters. The monoisotopic (exact) mass is 248 g/mol. The summed E-state index contributed by atoms with van der Waals surface area (Å²) in [5.41, 5.74) is 4.28. The highest BCUT2D eigenvalue weighted by atomic mass is 16.2. The van der Waals surface area contributed by atoms with Crippen LogP contribution in [0.3, 0.4) is 0 Å². The molecule has 2 rings (SSSR count). The molecule has 2 heterocycles. The number of nitrogens with two attached hydrogens (primary N) is 1. The summed E-state index contributed by atoms with van der Waals surface area (Å²) in [6.45, 7) is 3.59. The number of rotatable bonds is 5. The molecule has 1 amide bonds. The predicted octanol–water partition coefficient (Wildman–Crippen LogP) is 1.52. The molecular formula is C13H20N4O. The fourth-order valence-corrected chi connectivity index (χ4v) is 2.46. The first-order valence-corrected chi connectivity index (χ1v) is 6.42. The van der Waals surface area contributed by atoms with Crippen molar-refractivity contribution in [2.45, 2.75) is 32.7 Å². The number of aromatic nitrogens is 1. The highest BCUT2D eigenvalue weighted by molar-refractivity contribution is 5.78. The molecule has 0 saturated carbocycles. The van der Waals surface area contributed by atoms with Crippen molar-refractivity contribution in [1.82, 2.24) is 9.88 Å². The molecule has 0 radical (unpaired) electrons. The fraction of sp³-hybridized carbons (Fsp3) is 0.538. The van der Waals surface area contributed by atoms with Crippen LogP contribution in [0.4, 0.5) is 5.69 Å². The first-order valence-electron chi connectivity index (χ1n) is 6.42. The van der Waals surface area contributed by atoms with E-state index in [0.29, 0.717) is 18.9 Å². The van der Waals surface area contributed by atoms with Gasteiger partial charge in [0.25, 0.3) is 0 Å². The summed E-state index contributed by atoms with van der Waals surface area (Å²) in [5.74, 6) is 6.11. The second-order valence-corrected chi connectivity index (χ2v) is 4.81. The Labute approximate surface area is 107 Å². The average Bonchev–Trinajstić information content (AvgIpc) is 2.70. The normalized spacial score (nSPS) is 19.3. The molecule has 1 unspecified atom stereocenters. The van der Waals surface area contributed by atoms with Crippen LogP contribution in [-0.2, 0) is 11.3 Å². The summed E-state index contributed by atoms with van der Waals surface area (Å²) < 4.78 is 0. The smallest absolute Gasteiger partial charge is 0.223 e. The number of carbonyl (C=O) groups is 1. The van der Waals surface area contributed by atoms with Gasteiger partial charge in [0.15, 0.2) is 0 Å². The van der Waals surface area contributed by atoms with Crippen molar-refractivity contribution in [3.05, 3.63) is 24.0 Å². The van der Waals surface area contributed by atoms with Crippen LogP contribution in [0.5, 0.6) is 0 Å². The van der Waals surface area contributed by atoms with Crippen LogP contribution in [0, 0.1) is 5.92 Å². The quantitative estimate of drug-likeness (QED) is 0.612. The second kappa shape index (κ2) is 5.82. The molecule has 0 aliphatic carbocycles. The van der Waals surface area contributed by atoms with Crippen LogP contribution >= 0.6 is 0 Å². The molecule has 0 spiro atoms. The predicted molar refractivity (Wildman–Crippen MR) is 70.5 cm³/mol. The number of nitrogen functional groups attached to an aromatic ring is 1. The van der Waals surface area contributed by atoms with Gasteiger partial charge in [0, 0.05) is 19.2 Å². The van der Waals surface area contributed by atoms with E-state index in [0.717, 1.165) is 30.8 Å². The Balaban J connectivity index is 1.98. The lowest BCUT2D eigenvalue weighted by Crippen LogP contribution is -2.25. The van der Waals surface area contributed by atoms with Crippen molar-refractivity contribution in [3.63, 3.8) is 0 Å². The standard InChI is InChI=1S/C13H20N4O/c1-2-3-10-6-13(18)17(8-10)9-12-7-11(16-14)4-5-15-12/h4-5,7,10H,2-3,6,8-9,14H2,1H3,(H,15,16). The Morgan fingerprint density at radius 1 is 1.61 bits per heavy atom. The molecule has 18 heavy (non-hydrogen) atoms. The third-order valence-corrected chi connectivity index (χ3v) is 3.33. The van der Waals surface area contributed by atoms with Gasteiger partial charge in [-0.15, -0.1) is 0 Å². The number of hydrogen-bond acceptors (Lipinski definition) is 4. The zero-order valence-corrected chi connectivity index (χ0v) is 10.7. The maximum absolute atomic E-state index is 11.9. The molecule has 5 nitrogen and oxygen atoms in total. The molecule has 5 heteroatoms. The van der Waals surface area contributed by atoms with E-state index >= 15 is 0 Å². The van der Waals surface area contributed by atoms with E-state index in [-0.39, 0.29) is 5.91 Å². The third kappa shape index (κ3) is 2.98. The first-order chi connectivity index (χ1) is 8.72. The first kappa shape index (κ1) is 12.8. The fourth-order valence-electron chi connectivity index (χ4n) is 2.46. The maximum Gasteiger partial charge on any atom is 0.223 e. The van der Waals surface area contributed by atoms with Gasteiger partial charge < -0.3 is 10.3 Å². The summed E-state index contributed by atoms with van der Waals surface area (Å²) in [4.78, 5) is 18.0. The Morgan fingerprint density at radius 3 is 3.17 bits per heavy atom. The van der Waals surface area contributed by atoms with Crippen LogP contribution in [0.25, 0.3) is 0 Å². The van der Waals surface area contributed by atoms with E-state index in [1.165, 1.54) is 0 Å². The Kier molecular flexibility index (Phi) is 4.15. The summed E-state index contributed by atoms with van der Waals surface area (Å²) in [6, 6.07) is 3.68. The molecule has 1 fully saturated rings. The molecule has 1 aromatic rings. The van der Waals surface area contributed by atoms with Gasteiger partial charge in [0.2, 0.25) is 5.91 Å². The number of pyridine rings is 1. The van der Waals surface area contributed by atoms with Crippen molar-refractivity contribution >= 4 is 11.6 Å². The van der Waals surface area contributed by atoms with E-state index in [1.807, 2.05) is 11.0 Å². The van der Waals surface area contributed by atoms with Crippen LogP contribution in [0.2, 0.25) is 0 Å². The summed E-state index contributed by atoms with van der Waals surface area (Å²) in [5, 5.41) is 0. The number of nitrogens with zero attached hydrogens (tertiary/aromatic N) is 2. The largest absolute Gasteiger partial charge is 0.336 e. The summed E-state index contributed by atoms with van der Waals surface area (Å²) in [7, 11) is 0. The van der Waals surface area contributed by atoms with E-state index in [4.69, 9.17) is 5.84 Å². The van der Waals surface area contributed by atoms with Gasteiger partial charge in [-0.1, -0.05) is 13.3 Å². The van der Waals surface area contributed by atoms with E-state index < -0.39 is 0 Å².